The molecule has 2 fully saturated rings. The molecule has 3 amide bonds. The van der Waals surface area contributed by atoms with E-state index >= 15 is 0 Å². The fourth-order valence-corrected chi connectivity index (χ4v) is 3.46. The van der Waals surface area contributed by atoms with Gasteiger partial charge < -0.3 is 9.64 Å². The van der Waals surface area contributed by atoms with Gasteiger partial charge >= 0.3 is 6.09 Å². The topological polar surface area (TPSA) is 71.4 Å². The third-order valence-corrected chi connectivity index (χ3v) is 4.78. The van der Waals surface area contributed by atoms with E-state index in [-0.39, 0.29) is 24.3 Å². The van der Waals surface area contributed by atoms with Crippen LogP contribution < -0.4 is 9.80 Å². The minimum atomic E-state index is -0.551. The number of halogens is 1. The predicted octanol–water partition coefficient (Wildman–Crippen LogP) is 0.593. The van der Waals surface area contributed by atoms with Gasteiger partial charge in [0.25, 0.3) is 5.91 Å². The summed E-state index contributed by atoms with van der Waals surface area (Å²) < 4.78 is 18.5. The van der Waals surface area contributed by atoms with E-state index in [1.807, 2.05) is 20.8 Å². The number of ether oxygens (including phenoxy) is 1. The van der Waals surface area contributed by atoms with Gasteiger partial charge in [0.15, 0.2) is 6.04 Å². The number of piperazine rings is 1. The maximum atomic E-state index is 13.1. The molecule has 146 valence electrons. The van der Waals surface area contributed by atoms with Crippen molar-refractivity contribution >= 4 is 23.6 Å². The molecule has 2 aliphatic heterocycles. The zero-order valence-corrected chi connectivity index (χ0v) is 15.8. The van der Waals surface area contributed by atoms with Gasteiger partial charge in [0.1, 0.15) is 11.4 Å². The van der Waals surface area contributed by atoms with Crippen LogP contribution in [0.5, 0.6) is 0 Å². The van der Waals surface area contributed by atoms with Gasteiger partial charge in [0.2, 0.25) is 5.91 Å². The highest BCUT2D eigenvalue weighted by molar-refractivity contribution is 6.21. The summed E-state index contributed by atoms with van der Waals surface area (Å²) in [5.41, 5.74) is -0.161. The minimum Gasteiger partial charge on any atom is -0.444 e. The lowest BCUT2D eigenvalue weighted by molar-refractivity contribution is -0.918. The molecule has 0 aromatic heterocycles. The highest BCUT2D eigenvalue weighted by Crippen LogP contribution is 2.22. The van der Waals surface area contributed by atoms with Crippen molar-refractivity contribution in [3.8, 4) is 0 Å². The Morgan fingerprint density at radius 1 is 1.15 bits per heavy atom. The first-order chi connectivity index (χ1) is 12.7. The Morgan fingerprint density at radius 2 is 1.74 bits per heavy atom. The molecule has 0 spiro atoms. The molecular formula is C19H25FN3O4+. The van der Waals surface area contributed by atoms with E-state index in [1.165, 1.54) is 24.3 Å². The molecule has 0 saturated carbocycles. The van der Waals surface area contributed by atoms with Crippen LogP contribution in [0, 0.1) is 5.82 Å². The highest BCUT2D eigenvalue weighted by Gasteiger charge is 2.46. The van der Waals surface area contributed by atoms with Crippen molar-refractivity contribution in [2.24, 2.45) is 0 Å². The van der Waals surface area contributed by atoms with Crippen molar-refractivity contribution in [2.75, 3.05) is 31.1 Å². The van der Waals surface area contributed by atoms with Gasteiger partial charge in [0.05, 0.1) is 38.3 Å². The van der Waals surface area contributed by atoms with E-state index in [4.69, 9.17) is 4.74 Å². The number of carbonyl (C=O) groups is 3. The lowest BCUT2D eigenvalue weighted by Crippen LogP contribution is -3.19. The first-order valence-electron chi connectivity index (χ1n) is 9.10. The highest BCUT2D eigenvalue weighted by atomic mass is 19.1. The average Bonchev–Trinajstić information content (AvgIpc) is 2.89. The summed E-state index contributed by atoms with van der Waals surface area (Å²) in [6.07, 6.45) is -0.235. The van der Waals surface area contributed by atoms with Gasteiger partial charge in [-0.05, 0) is 45.0 Å². The summed E-state index contributed by atoms with van der Waals surface area (Å²) in [4.78, 5) is 41.1. The van der Waals surface area contributed by atoms with Crippen molar-refractivity contribution in [2.45, 2.75) is 38.8 Å². The van der Waals surface area contributed by atoms with Crippen molar-refractivity contribution in [1.29, 1.82) is 0 Å². The molecular weight excluding hydrogens is 353 g/mol. The van der Waals surface area contributed by atoms with Gasteiger partial charge in [-0.15, -0.1) is 0 Å². The zero-order chi connectivity index (χ0) is 19.8. The van der Waals surface area contributed by atoms with Crippen LogP contribution in [0.2, 0.25) is 0 Å². The van der Waals surface area contributed by atoms with Gasteiger partial charge in [-0.25, -0.2) is 14.1 Å². The number of benzene rings is 1. The number of hydrogen-bond acceptors (Lipinski definition) is 4. The third-order valence-electron chi connectivity index (χ3n) is 4.78. The van der Waals surface area contributed by atoms with Crippen LogP contribution in [0.4, 0.5) is 14.9 Å². The Hall–Kier alpha value is -2.48. The van der Waals surface area contributed by atoms with Crippen LogP contribution in [0.15, 0.2) is 24.3 Å². The van der Waals surface area contributed by atoms with Crippen molar-refractivity contribution in [3.05, 3.63) is 30.1 Å². The van der Waals surface area contributed by atoms with E-state index in [2.05, 4.69) is 0 Å². The van der Waals surface area contributed by atoms with Crippen LogP contribution in [0.25, 0.3) is 0 Å². The van der Waals surface area contributed by atoms with E-state index in [9.17, 15) is 18.8 Å². The summed E-state index contributed by atoms with van der Waals surface area (Å²) in [5.74, 6) is -0.968. The molecule has 2 aliphatic rings. The molecule has 7 nitrogen and oxygen atoms in total. The summed E-state index contributed by atoms with van der Waals surface area (Å²) in [6, 6.07) is 4.86. The third kappa shape index (κ3) is 4.27. The molecule has 2 saturated heterocycles. The summed E-state index contributed by atoms with van der Waals surface area (Å²) in [6.45, 7) is 7.54. The number of nitrogens with zero attached hydrogens (tertiary/aromatic N) is 2. The number of rotatable bonds is 2. The molecule has 0 radical (unpaired) electrons. The Balaban J connectivity index is 1.62. The van der Waals surface area contributed by atoms with Gasteiger partial charge in [-0.2, -0.15) is 0 Å². The quantitative estimate of drug-likeness (QED) is 0.765. The van der Waals surface area contributed by atoms with Gasteiger partial charge in [-0.1, -0.05) is 0 Å². The molecule has 2 heterocycles. The van der Waals surface area contributed by atoms with Crippen LogP contribution in [-0.2, 0) is 14.3 Å². The average molecular weight is 378 g/mol. The van der Waals surface area contributed by atoms with Crippen LogP contribution in [0.3, 0.4) is 0 Å². The van der Waals surface area contributed by atoms with E-state index < -0.39 is 17.5 Å². The summed E-state index contributed by atoms with van der Waals surface area (Å²) in [7, 11) is 0. The van der Waals surface area contributed by atoms with Crippen LogP contribution in [-0.4, -0.2) is 60.6 Å². The Morgan fingerprint density at radius 3 is 2.30 bits per heavy atom. The van der Waals surface area contributed by atoms with E-state index in [1.54, 1.807) is 4.90 Å². The molecule has 0 aliphatic carbocycles. The van der Waals surface area contributed by atoms with Crippen LogP contribution >= 0.6 is 0 Å². The largest absolute Gasteiger partial charge is 0.444 e. The lowest BCUT2D eigenvalue weighted by atomic mass is 10.1. The van der Waals surface area contributed by atoms with Crippen molar-refractivity contribution in [3.63, 3.8) is 0 Å². The second-order valence-corrected chi connectivity index (χ2v) is 7.93. The normalized spacial score (nSPS) is 21.7. The van der Waals surface area contributed by atoms with Gasteiger partial charge in [-0.3, -0.25) is 14.5 Å². The van der Waals surface area contributed by atoms with Crippen LogP contribution in [0.1, 0.15) is 27.2 Å². The monoisotopic (exact) mass is 378 g/mol. The minimum absolute atomic E-state index is 0.123. The Kier molecular flexibility index (Phi) is 5.19. The SMILES string of the molecule is CC(C)(C)OC(=O)N1CC[NH+]([C@@H]2CC(=O)N(c3ccc(F)cc3)C2=O)CC1. The summed E-state index contributed by atoms with van der Waals surface area (Å²) >= 11 is 0. The molecule has 0 bridgehead atoms. The fourth-order valence-electron chi connectivity index (χ4n) is 3.46. The number of quaternary nitrogens is 1. The predicted molar refractivity (Wildman–Crippen MR) is 95.8 cm³/mol. The first-order valence-corrected chi connectivity index (χ1v) is 9.10. The molecule has 1 atom stereocenters. The maximum Gasteiger partial charge on any atom is 0.410 e. The molecule has 0 unspecified atom stereocenters. The number of hydrogen-bond donors (Lipinski definition) is 1. The second kappa shape index (κ2) is 7.26. The fraction of sp³-hybridized carbons (Fsp3) is 0.526. The van der Waals surface area contributed by atoms with E-state index in [0.29, 0.717) is 31.9 Å². The Labute approximate surface area is 157 Å². The number of amides is 3. The molecule has 1 N–H and O–H groups in total. The standard InChI is InChI=1S/C19H24FN3O4/c1-19(2,3)27-18(26)22-10-8-21(9-11-22)15-12-16(24)23(17(15)25)14-6-4-13(20)5-7-14/h4-7,15H,8-12H2,1-3H3/p+1/t15-/m1/s1. The lowest BCUT2D eigenvalue weighted by Gasteiger charge is -2.35. The number of imide groups is 1. The Bertz CT molecular complexity index is 736. The number of anilines is 1. The molecule has 27 heavy (non-hydrogen) atoms. The summed E-state index contributed by atoms with van der Waals surface area (Å²) in [5, 5.41) is 0. The van der Waals surface area contributed by atoms with Crippen molar-refractivity contribution in [1.82, 2.24) is 4.90 Å². The second-order valence-electron chi connectivity index (χ2n) is 7.93. The van der Waals surface area contributed by atoms with Gasteiger partial charge in [0, 0.05) is 0 Å². The smallest absolute Gasteiger partial charge is 0.410 e. The number of nitrogens with one attached hydrogen (secondary N) is 1. The molecule has 3 rings (SSSR count). The van der Waals surface area contributed by atoms with E-state index in [0.717, 1.165) is 9.80 Å². The first kappa shape index (κ1) is 19.3. The molecule has 1 aromatic rings. The maximum absolute atomic E-state index is 13.1. The zero-order valence-electron chi connectivity index (χ0n) is 15.8. The number of carbonyl (C=O) groups excluding carboxylic acids is 3. The molecule has 8 heteroatoms. The van der Waals surface area contributed by atoms with Crippen molar-refractivity contribution < 1.29 is 28.4 Å². The molecule has 1 aromatic carbocycles.